The first-order valence-corrected chi connectivity index (χ1v) is 8.39. The molecule has 3 aromatic heterocycles. The fourth-order valence-corrected chi connectivity index (χ4v) is 3.86. The molecule has 0 amide bonds. The molecule has 0 bridgehead atoms. The molecule has 0 aliphatic heterocycles. The van der Waals surface area contributed by atoms with Gasteiger partial charge in [0.15, 0.2) is 10.1 Å². The number of rotatable bonds is 5. The molecular formula is C12H14N6S2. The van der Waals surface area contributed by atoms with Gasteiger partial charge in [0.2, 0.25) is 0 Å². The number of nitrogens with two attached hydrogens (primary N) is 1. The first-order chi connectivity index (χ1) is 9.85. The molecule has 0 atom stereocenters. The Labute approximate surface area is 124 Å². The molecule has 8 heteroatoms. The number of thioether (sulfide) groups is 1. The van der Waals surface area contributed by atoms with Crippen molar-refractivity contribution in [2.45, 2.75) is 36.3 Å². The Balaban J connectivity index is 1.54. The topological polar surface area (TPSA) is 74.0 Å². The molecule has 104 valence electrons. The van der Waals surface area contributed by atoms with E-state index < -0.39 is 0 Å². The third-order valence-corrected chi connectivity index (χ3v) is 5.07. The fourth-order valence-electron chi connectivity index (χ4n) is 2.23. The average Bonchev–Trinajstić information content (AvgIpc) is 2.89. The number of imidazole rings is 1. The number of aromatic nitrogens is 5. The van der Waals surface area contributed by atoms with Crippen LogP contribution in [0.3, 0.4) is 0 Å². The van der Waals surface area contributed by atoms with Gasteiger partial charge in [0, 0.05) is 29.6 Å². The molecule has 6 nitrogen and oxygen atoms in total. The highest BCUT2D eigenvalue weighted by atomic mass is 32.2. The summed E-state index contributed by atoms with van der Waals surface area (Å²) in [5, 5.41) is 11.5. The molecule has 1 fully saturated rings. The summed E-state index contributed by atoms with van der Waals surface area (Å²) < 4.78 is 4.25. The summed E-state index contributed by atoms with van der Waals surface area (Å²) >= 11 is 3.33. The summed E-state index contributed by atoms with van der Waals surface area (Å²) in [4.78, 5) is 5.62. The Kier molecular flexibility index (Phi) is 3.01. The molecule has 2 N–H and O–H groups in total. The molecule has 20 heavy (non-hydrogen) atoms. The average molecular weight is 306 g/mol. The van der Waals surface area contributed by atoms with E-state index in [2.05, 4.69) is 30.3 Å². The first kappa shape index (κ1) is 12.4. The van der Waals surface area contributed by atoms with Crippen molar-refractivity contribution in [2.24, 2.45) is 5.73 Å². The van der Waals surface area contributed by atoms with Gasteiger partial charge in [0.25, 0.3) is 0 Å². The monoisotopic (exact) mass is 306 g/mol. The molecule has 3 aromatic rings. The van der Waals surface area contributed by atoms with Crippen molar-refractivity contribution in [1.82, 2.24) is 24.1 Å². The van der Waals surface area contributed by atoms with Gasteiger partial charge >= 0.3 is 0 Å². The van der Waals surface area contributed by atoms with Gasteiger partial charge < -0.3 is 10.3 Å². The zero-order valence-corrected chi connectivity index (χ0v) is 12.4. The Morgan fingerprint density at radius 3 is 3.05 bits per heavy atom. The smallest absolute Gasteiger partial charge is 0.193 e. The molecule has 4 rings (SSSR count). The summed E-state index contributed by atoms with van der Waals surface area (Å²) in [6.45, 7) is 0.449. The van der Waals surface area contributed by atoms with Crippen LogP contribution in [0.25, 0.3) is 4.96 Å². The second-order valence-electron chi connectivity index (χ2n) is 4.82. The highest BCUT2D eigenvalue weighted by molar-refractivity contribution is 7.98. The first-order valence-electron chi connectivity index (χ1n) is 6.53. The highest BCUT2D eigenvalue weighted by Gasteiger charge is 2.29. The predicted octanol–water partition coefficient (Wildman–Crippen LogP) is 2.07. The van der Waals surface area contributed by atoms with E-state index in [-0.39, 0.29) is 0 Å². The van der Waals surface area contributed by atoms with E-state index in [1.165, 1.54) is 12.8 Å². The lowest BCUT2D eigenvalue weighted by Crippen LogP contribution is -2.08. The quantitative estimate of drug-likeness (QED) is 0.730. The second kappa shape index (κ2) is 4.87. The summed E-state index contributed by atoms with van der Waals surface area (Å²) in [6.07, 6.45) is 6.51. The van der Waals surface area contributed by atoms with Crippen molar-refractivity contribution in [3.05, 3.63) is 29.3 Å². The van der Waals surface area contributed by atoms with E-state index in [1.54, 1.807) is 23.1 Å². The van der Waals surface area contributed by atoms with Crippen LogP contribution in [-0.2, 0) is 12.3 Å². The molecule has 1 saturated carbocycles. The molecule has 0 spiro atoms. The third-order valence-electron chi connectivity index (χ3n) is 3.32. The van der Waals surface area contributed by atoms with Gasteiger partial charge in [-0.1, -0.05) is 11.8 Å². The van der Waals surface area contributed by atoms with Crippen LogP contribution in [0.4, 0.5) is 0 Å². The van der Waals surface area contributed by atoms with Gasteiger partial charge in [-0.2, -0.15) is 0 Å². The van der Waals surface area contributed by atoms with Crippen molar-refractivity contribution < 1.29 is 0 Å². The van der Waals surface area contributed by atoms with Gasteiger partial charge in [-0.3, -0.25) is 4.40 Å². The molecule has 0 unspecified atom stereocenters. The van der Waals surface area contributed by atoms with Crippen LogP contribution in [0.2, 0.25) is 0 Å². The van der Waals surface area contributed by atoms with Crippen LogP contribution in [0, 0.1) is 0 Å². The van der Waals surface area contributed by atoms with Gasteiger partial charge in [-0.15, -0.1) is 21.5 Å². The van der Waals surface area contributed by atoms with Gasteiger partial charge in [-0.05, 0) is 12.8 Å². The van der Waals surface area contributed by atoms with Gasteiger partial charge in [0.1, 0.15) is 5.82 Å². The Morgan fingerprint density at radius 2 is 2.30 bits per heavy atom. The maximum absolute atomic E-state index is 5.73. The number of fused-ring (bicyclic) bond motifs is 1. The van der Waals surface area contributed by atoms with E-state index in [9.17, 15) is 0 Å². The number of hydrogen-bond donors (Lipinski definition) is 1. The lowest BCUT2D eigenvalue weighted by Gasteiger charge is -2.06. The maximum Gasteiger partial charge on any atom is 0.193 e. The minimum absolute atomic E-state index is 0.449. The van der Waals surface area contributed by atoms with Crippen molar-refractivity contribution in [2.75, 3.05) is 0 Å². The summed E-state index contributed by atoms with van der Waals surface area (Å²) in [6, 6.07) is 0.552. The molecule has 0 saturated heterocycles. The van der Waals surface area contributed by atoms with E-state index >= 15 is 0 Å². The minimum Gasteiger partial charge on any atom is -0.324 e. The lowest BCUT2D eigenvalue weighted by molar-refractivity contribution is 0.626. The Bertz CT molecular complexity index is 710. The van der Waals surface area contributed by atoms with Crippen LogP contribution >= 0.6 is 23.1 Å². The normalized spacial score (nSPS) is 15.2. The lowest BCUT2D eigenvalue weighted by atomic mass is 10.5. The molecule has 0 aromatic carbocycles. The van der Waals surface area contributed by atoms with E-state index in [4.69, 9.17) is 5.73 Å². The Hall–Kier alpha value is -1.38. The standard InChI is InChI=1S/C12H14N6S2/c13-5-10-15-16-12(18(10)9-1-2-9)20-7-8-6-17-3-4-19-11(17)14-8/h3-4,6,9H,1-2,5,7,13H2. The zero-order valence-electron chi connectivity index (χ0n) is 10.8. The molecule has 0 radical (unpaired) electrons. The van der Waals surface area contributed by atoms with Crippen molar-refractivity contribution in [1.29, 1.82) is 0 Å². The zero-order chi connectivity index (χ0) is 13.5. The largest absolute Gasteiger partial charge is 0.324 e. The van der Waals surface area contributed by atoms with E-state index in [1.807, 2.05) is 11.6 Å². The van der Waals surface area contributed by atoms with Crippen molar-refractivity contribution in [3.8, 4) is 0 Å². The number of nitrogens with zero attached hydrogens (tertiary/aromatic N) is 5. The molecule has 1 aliphatic rings. The minimum atomic E-state index is 0.449. The van der Waals surface area contributed by atoms with Crippen LogP contribution in [-0.4, -0.2) is 24.1 Å². The number of hydrogen-bond acceptors (Lipinski definition) is 6. The highest BCUT2D eigenvalue weighted by Crippen LogP contribution is 2.39. The van der Waals surface area contributed by atoms with Crippen LogP contribution in [0.1, 0.15) is 30.4 Å². The second-order valence-corrected chi connectivity index (χ2v) is 6.63. The van der Waals surface area contributed by atoms with Crippen molar-refractivity contribution >= 4 is 28.1 Å². The number of thiazole rings is 1. The summed E-state index contributed by atoms with van der Waals surface area (Å²) in [7, 11) is 0. The SMILES string of the molecule is NCc1nnc(SCc2cn3ccsc3n2)n1C1CC1. The molecular weight excluding hydrogens is 292 g/mol. The maximum atomic E-state index is 5.73. The van der Waals surface area contributed by atoms with Crippen LogP contribution < -0.4 is 5.73 Å². The third kappa shape index (κ3) is 2.13. The Morgan fingerprint density at radius 1 is 1.40 bits per heavy atom. The van der Waals surface area contributed by atoms with Gasteiger partial charge in [-0.25, -0.2) is 4.98 Å². The van der Waals surface area contributed by atoms with Crippen molar-refractivity contribution in [3.63, 3.8) is 0 Å². The predicted molar refractivity (Wildman–Crippen MR) is 78.8 cm³/mol. The summed E-state index contributed by atoms with van der Waals surface area (Å²) in [5.41, 5.74) is 6.80. The molecule has 3 heterocycles. The fraction of sp³-hybridized carbons (Fsp3) is 0.417. The van der Waals surface area contributed by atoms with Crippen LogP contribution in [0.15, 0.2) is 22.9 Å². The summed E-state index contributed by atoms with van der Waals surface area (Å²) in [5.74, 6) is 1.70. The molecule has 1 aliphatic carbocycles. The van der Waals surface area contributed by atoms with Crippen LogP contribution in [0.5, 0.6) is 0 Å². The van der Waals surface area contributed by atoms with E-state index in [0.29, 0.717) is 12.6 Å². The van der Waals surface area contributed by atoms with Gasteiger partial charge in [0.05, 0.1) is 12.2 Å². The van der Waals surface area contributed by atoms with E-state index in [0.717, 1.165) is 27.4 Å².